The molecule has 0 amide bonds. The van der Waals surface area contributed by atoms with E-state index in [1.165, 1.54) is 0 Å². The molecule has 136 valence electrons. The van der Waals surface area contributed by atoms with Crippen LogP contribution in [0, 0.1) is 0 Å². The highest BCUT2D eigenvalue weighted by molar-refractivity contribution is 6.62. The quantitative estimate of drug-likeness (QED) is 0.773. The van der Waals surface area contributed by atoms with E-state index in [1.54, 1.807) is 0 Å². The van der Waals surface area contributed by atoms with Crippen LogP contribution in [0.2, 0.25) is 0 Å². The third kappa shape index (κ3) is 2.87. The smallest absolute Gasteiger partial charge is 0.449 e. The summed E-state index contributed by atoms with van der Waals surface area (Å²) in [6, 6.07) is 9.84. The molecule has 0 bridgehead atoms. The van der Waals surface area contributed by atoms with E-state index in [0.29, 0.717) is 0 Å². The molecule has 1 aromatic heterocycles. The van der Waals surface area contributed by atoms with E-state index in [2.05, 4.69) is 4.98 Å². The molecule has 3 heterocycles. The van der Waals surface area contributed by atoms with Crippen LogP contribution in [-0.4, -0.2) is 29.1 Å². The molecule has 0 N–H and O–H groups in total. The summed E-state index contributed by atoms with van der Waals surface area (Å²) >= 11 is 0. The topological polar surface area (TPSA) is 49.8 Å². The van der Waals surface area contributed by atoms with Crippen molar-refractivity contribution in [3.8, 4) is 22.8 Å². The maximum Gasteiger partial charge on any atom is 0.496 e. The second-order valence-corrected chi connectivity index (χ2v) is 8.33. The minimum absolute atomic E-state index is 0.361. The lowest BCUT2D eigenvalue weighted by molar-refractivity contribution is -0.0431. The summed E-state index contributed by atoms with van der Waals surface area (Å²) in [6.07, 6.45) is 1.81. The lowest BCUT2D eigenvalue weighted by Crippen LogP contribution is -2.41. The van der Waals surface area contributed by atoms with Crippen molar-refractivity contribution >= 4 is 12.6 Å². The third-order valence-electron chi connectivity index (χ3n) is 5.26. The number of ether oxygens (including phenoxy) is 2. The van der Waals surface area contributed by atoms with Gasteiger partial charge in [0.2, 0.25) is 5.79 Å². The first-order valence-corrected chi connectivity index (χ1v) is 8.90. The molecule has 0 spiro atoms. The highest BCUT2D eigenvalue weighted by atomic mass is 16.7. The zero-order chi connectivity index (χ0) is 18.7. The van der Waals surface area contributed by atoms with E-state index in [-0.39, 0.29) is 11.2 Å². The average molecular weight is 353 g/mol. The highest BCUT2D eigenvalue weighted by Crippen LogP contribution is 2.41. The van der Waals surface area contributed by atoms with Crippen molar-refractivity contribution < 1.29 is 18.8 Å². The monoisotopic (exact) mass is 353 g/mol. The lowest BCUT2D eigenvalue weighted by Gasteiger charge is -2.32. The Labute approximate surface area is 154 Å². The summed E-state index contributed by atoms with van der Waals surface area (Å²) in [5, 5.41) is 0. The molecule has 2 aromatic rings. The maximum atomic E-state index is 6.08. The van der Waals surface area contributed by atoms with E-state index in [0.717, 1.165) is 28.2 Å². The molecular formula is C20H24BNO4. The van der Waals surface area contributed by atoms with Gasteiger partial charge in [0, 0.05) is 31.1 Å². The van der Waals surface area contributed by atoms with Crippen LogP contribution in [-0.2, 0) is 9.31 Å². The molecule has 5 nitrogen and oxygen atoms in total. The lowest BCUT2D eigenvalue weighted by atomic mass is 9.80. The summed E-state index contributed by atoms with van der Waals surface area (Å²) < 4.78 is 23.7. The number of pyridine rings is 1. The van der Waals surface area contributed by atoms with Crippen molar-refractivity contribution in [1.82, 2.24) is 4.98 Å². The molecule has 26 heavy (non-hydrogen) atoms. The Morgan fingerprint density at radius 3 is 2.08 bits per heavy atom. The Hall–Kier alpha value is -2.05. The van der Waals surface area contributed by atoms with E-state index in [9.17, 15) is 0 Å². The molecule has 0 saturated carbocycles. The van der Waals surface area contributed by atoms with Gasteiger partial charge in [0.25, 0.3) is 0 Å². The molecule has 2 aliphatic heterocycles. The number of rotatable bonds is 2. The van der Waals surface area contributed by atoms with Crippen LogP contribution in [0.25, 0.3) is 11.3 Å². The Morgan fingerprint density at radius 1 is 0.808 bits per heavy atom. The summed E-state index contributed by atoms with van der Waals surface area (Å²) in [5.41, 5.74) is 2.03. The highest BCUT2D eigenvalue weighted by Gasteiger charge is 2.51. The Bertz CT molecular complexity index is 829. The fourth-order valence-electron chi connectivity index (χ4n) is 3.08. The van der Waals surface area contributed by atoms with Crippen molar-refractivity contribution in [2.75, 3.05) is 0 Å². The number of hydrogen-bond acceptors (Lipinski definition) is 5. The maximum absolute atomic E-state index is 6.08. The molecular weight excluding hydrogens is 329 g/mol. The predicted molar refractivity (Wildman–Crippen MR) is 101 cm³/mol. The van der Waals surface area contributed by atoms with Crippen LogP contribution in [0.3, 0.4) is 0 Å². The molecule has 1 fully saturated rings. The SMILES string of the molecule is CC1(C)Oc2ccc(-c3ccc(B4OC(C)(C)C(C)(C)O4)cn3)cc2O1. The summed E-state index contributed by atoms with van der Waals surface area (Å²) in [7, 11) is -0.404. The average Bonchev–Trinajstić information content (AvgIpc) is 2.97. The zero-order valence-corrected chi connectivity index (χ0v) is 16.1. The van der Waals surface area contributed by atoms with Gasteiger partial charge in [0.1, 0.15) is 0 Å². The molecule has 0 aliphatic carbocycles. The van der Waals surface area contributed by atoms with Crippen molar-refractivity contribution in [2.24, 2.45) is 0 Å². The largest absolute Gasteiger partial charge is 0.496 e. The first-order chi connectivity index (χ1) is 12.1. The fourth-order valence-corrected chi connectivity index (χ4v) is 3.08. The third-order valence-corrected chi connectivity index (χ3v) is 5.26. The first kappa shape index (κ1) is 17.4. The molecule has 1 saturated heterocycles. The van der Waals surface area contributed by atoms with Gasteiger partial charge in [-0.3, -0.25) is 4.98 Å². The van der Waals surface area contributed by atoms with Crippen LogP contribution in [0.15, 0.2) is 36.5 Å². The van der Waals surface area contributed by atoms with E-state index in [4.69, 9.17) is 18.8 Å². The van der Waals surface area contributed by atoms with Gasteiger partial charge < -0.3 is 18.8 Å². The summed E-state index contributed by atoms with van der Waals surface area (Å²) in [4.78, 5) is 4.59. The van der Waals surface area contributed by atoms with Crippen LogP contribution < -0.4 is 14.9 Å². The zero-order valence-electron chi connectivity index (χ0n) is 16.1. The van der Waals surface area contributed by atoms with Gasteiger partial charge >= 0.3 is 7.12 Å². The predicted octanol–water partition coefficient (Wildman–Crippen LogP) is 3.56. The van der Waals surface area contributed by atoms with Crippen LogP contribution in [0.1, 0.15) is 41.5 Å². The van der Waals surface area contributed by atoms with E-state index < -0.39 is 12.9 Å². The van der Waals surface area contributed by atoms with Gasteiger partial charge in [-0.25, -0.2) is 0 Å². The van der Waals surface area contributed by atoms with Crippen molar-refractivity contribution in [3.63, 3.8) is 0 Å². The van der Waals surface area contributed by atoms with Gasteiger partial charge in [-0.1, -0.05) is 6.07 Å². The minimum Gasteiger partial charge on any atom is -0.449 e. The van der Waals surface area contributed by atoms with Crippen LogP contribution in [0.5, 0.6) is 11.5 Å². The minimum atomic E-state index is -0.630. The standard InChI is InChI=1S/C20H24BNO4/c1-18(2)19(3,4)26-21(25-18)14-8-9-15(22-12-14)13-7-10-16-17(11-13)24-20(5,6)23-16/h7-12H,1-6H3. The first-order valence-electron chi connectivity index (χ1n) is 8.90. The number of aromatic nitrogens is 1. The number of nitrogens with zero attached hydrogens (tertiary/aromatic N) is 1. The van der Waals surface area contributed by atoms with Gasteiger partial charge in [-0.05, 0) is 52.0 Å². The van der Waals surface area contributed by atoms with Crippen molar-refractivity contribution in [1.29, 1.82) is 0 Å². The van der Waals surface area contributed by atoms with Gasteiger partial charge in [0.05, 0.1) is 16.9 Å². The second-order valence-electron chi connectivity index (χ2n) is 8.33. The Kier molecular flexibility index (Phi) is 3.66. The normalized spacial score (nSPS) is 21.8. The van der Waals surface area contributed by atoms with Crippen LogP contribution in [0.4, 0.5) is 0 Å². The molecule has 6 heteroatoms. The Balaban J connectivity index is 1.57. The molecule has 0 atom stereocenters. The summed E-state index contributed by atoms with van der Waals surface area (Å²) in [5.74, 6) is 0.867. The number of benzene rings is 1. The summed E-state index contributed by atoms with van der Waals surface area (Å²) in [6.45, 7) is 12.0. The molecule has 0 radical (unpaired) electrons. The van der Waals surface area contributed by atoms with Gasteiger partial charge in [-0.15, -0.1) is 0 Å². The van der Waals surface area contributed by atoms with Gasteiger partial charge in [0.15, 0.2) is 11.5 Å². The van der Waals surface area contributed by atoms with E-state index >= 15 is 0 Å². The molecule has 1 aromatic carbocycles. The van der Waals surface area contributed by atoms with Crippen molar-refractivity contribution in [2.45, 2.75) is 58.5 Å². The molecule has 0 unspecified atom stereocenters. The molecule has 2 aliphatic rings. The molecule has 4 rings (SSSR count). The Morgan fingerprint density at radius 2 is 1.46 bits per heavy atom. The van der Waals surface area contributed by atoms with Gasteiger partial charge in [-0.2, -0.15) is 0 Å². The number of hydrogen-bond donors (Lipinski definition) is 0. The van der Waals surface area contributed by atoms with Crippen LogP contribution >= 0.6 is 0 Å². The number of fused-ring (bicyclic) bond motifs is 1. The second kappa shape index (κ2) is 5.48. The van der Waals surface area contributed by atoms with E-state index in [1.807, 2.05) is 78.1 Å². The van der Waals surface area contributed by atoms with Crippen molar-refractivity contribution in [3.05, 3.63) is 36.5 Å². The fraction of sp³-hybridized carbons (Fsp3) is 0.450.